The minimum atomic E-state index is 0.155. The number of nitrogens with zero attached hydrogens (tertiary/aromatic N) is 4. The molecule has 0 N–H and O–H groups in total. The Morgan fingerprint density at radius 2 is 1.90 bits per heavy atom. The van der Waals surface area contributed by atoms with Crippen LogP contribution >= 0.6 is 11.6 Å². The molecule has 1 aliphatic carbocycles. The van der Waals surface area contributed by atoms with E-state index < -0.39 is 0 Å². The summed E-state index contributed by atoms with van der Waals surface area (Å²) in [5.74, 6) is 2.33. The lowest BCUT2D eigenvalue weighted by molar-refractivity contribution is 0.0389. The lowest BCUT2D eigenvalue weighted by Crippen LogP contribution is -2.36. The van der Waals surface area contributed by atoms with E-state index in [1.807, 2.05) is 14.1 Å². The average molecular weight is 313 g/mol. The number of halogens is 1. The van der Waals surface area contributed by atoms with Crippen LogP contribution in [0.25, 0.3) is 0 Å². The van der Waals surface area contributed by atoms with Gasteiger partial charge in [-0.3, -0.25) is 0 Å². The Morgan fingerprint density at radius 3 is 2.52 bits per heavy atom. The number of ether oxygens (including phenoxy) is 1. The first kappa shape index (κ1) is 16.3. The van der Waals surface area contributed by atoms with E-state index in [0.29, 0.717) is 29.7 Å². The summed E-state index contributed by atoms with van der Waals surface area (Å²) in [4.78, 5) is 14.3. The van der Waals surface area contributed by atoms with Crippen LogP contribution < -0.4 is 9.64 Å². The Morgan fingerprint density at radius 1 is 1.19 bits per heavy atom. The van der Waals surface area contributed by atoms with Gasteiger partial charge in [-0.1, -0.05) is 27.2 Å². The summed E-state index contributed by atoms with van der Waals surface area (Å²) in [5, 5.41) is 0.175. The van der Waals surface area contributed by atoms with Crippen molar-refractivity contribution in [3.05, 3.63) is 5.28 Å². The monoisotopic (exact) mass is 312 g/mol. The van der Waals surface area contributed by atoms with Gasteiger partial charge in [-0.05, 0) is 42.2 Å². The molecule has 0 aliphatic heterocycles. The van der Waals surface area contributed by atoms with E-state index in [4.69, 9.17) is 16.3 Å². The fourth-order valence-corrected chi connectivity index (χ4v) is 3.11. The van der Waals surface area contributed by atoms with Gasteiger partial charge in [-0.25, -0.2) is 0 Å². The summed E-state index contributed by atoms with van der Waals surface area (Å²) in [5.41, 5.74) is 0. The lowest BCUT2D eigenvalue weighted by Gasteiger charge is -2.36. The minimum absolute atomic E-state index is 0.155. The number of aromatic nitrogens is 3. The second-order valence-corrected chi connectivity index (χ2v) is 6.90. The maximum absolute atomic E-state index is 6.10. The lowest BCUT2D eigenvalue weighted by atomic mass is 9.75. The zero-order valence-electron chi connectivity index (χ0n) is 13.5. The van der Waals surface area contributed by atoms with E-state index in [1.165, 1.54) is 12.8 Å². The van der Waals surface area contributed by atoms with E-state index >= 15 is 0 Å². The average Bonchev–Trinajstić information content (AvgIpc) is 2.37. The van der Waals surface area contributed by atoms with Gasteiger partial charge < -0.3 is 9.64 Å². The van der Waals surface area contributed by atoms with Crippen molar-refractivity contribution in [1.29, 1.82) is 0 Å². The normalized spacial score (nSPS) is 26.0. The molecule has 3 atom stereocenters. The predicted octanol–water partition coefficient (Wildman–Crippen LogP) is 3.43. The highest BCUT2D eigenvalue weighted by molar-refractivity contribution is 6.28. The molecule has 6 heteroatoms. The van der Waals surface area contributed by atoms with Crippen LogP contribution in [0.5, 0.6) is 6.01 Å². The first-order valence-electron chi connectivity index (χ1n) is 7.62. The maximum atomic E-state index is 6.10. The van der Waals surface area contributed by atoms with Crippen molar-refractivity contribution in [3.63, 3.8) is 0 Å². The van der Waals surface area contributed by atoms with Crippen LogP contribution in [0.4, 0.5) is 5.95 Å². The van der Waals surface area contributed by atoms with Gasteiger partial charge in [-0.15, -0.1) is 0 Å². The molecule has 3 unspecified atom stereocenters. The van der Waals surface area contributed by atoms with E-state index in [1.54, 1.807) is 4.90 Å². The summed E-state index contributed by atoms with van der Waals surface area (Å²) in [6.07, 6.45) is 3.66. The van der Waals surface area contributed by atoms with Crippen LogP contribution in [-0.2, 0) is 0 Å². The molecule has 1 fully saturated rings. The molecule has 5 nitrogen and oxygen atoms in total. The number of anilines is 1. The maximum Gasteiger partial charge on any atom is 0.322 e. The van der Waals surface area contributed by atoms with Crippen molar-refractivity contribution in [2.24, 2.45) is 17.8 Å². The second-order valence-electron chi connectivity index (χ2n) is 6.56. The fraction of sp³-hybridized carbons (Fsp3) is 0.800. The Balaban J connectivity index is 2.18. The Bertz CT molecular complexity index is 481. The number of hydrogen-bond acceptors (Lipinski definition) is 5. The van der Waals surface area contributed by atoms with Crippen LogP contribution in [0, 0.1) is 17.8 Å². The van der Waals surface area contributed by atoms with Gasteiger partial charge in [0.1, 0.15) is 6.10 Å². The van der Waals surface area contributed by atoms with Crippen molar-refractivity contribution in [2.45, 2.75) is 46.1 Å². The van der Waals surface area contributed by atoms with E-state index in [0.717, 1.165) is 6.42 Å². The second kappa shape index (κ2) is 6.77. The van der Waals surface area contributed by atoms with Crippen LogP contribution in [0.15, 0.2) is 0 Å². The van der Waals surface area contributed by atoms with Gasteiger partial charge in [0.05, 0.1) is 0 Å². The smallest absolute Gasteiger partial charge is 0.322 e. The number of rotatable bonds is 4. The van der Waals surface area contributed by atoms with Crippen LogP contribution in [0.2, 0.25) is 5.28 Å². The quantitative estimate of drug-likeness (QED) is 0.852. The van der Waals surface area contributed by atoms with Crippen molar-refractivity contribution < 1.29 is 4.74 Å². The third-order valence-corrected chi connectivity index (χ3v) is 4.36. The molecule has 0 saturated heterocycles. The summed E-state index contributed by atoms with van der Waals surface area (Å²) in [7, 11) is 3.74. The Hall–Kier alpha value is -1.10. The molecular weight excluding hydrogens is 288 g/mol. The molecule has 1 aliphatic rings. The largest absolute Gasteiger partial charge is 0.460 e. The van der Waals surface area contributed by atoms with Gasteiger partial charge in [0.15, 0.2) is 0 Å². The molecule has 21 heavy (non-hydrogen) atoms. The first-order valence-corrected chi connectivity index (χ1v) is 8.00. The SMILES string of the molecule is CC1CCC(C(C)C)C(Oc2nc(Cl)nc(N(C)C)n2)C1. The molecule has 0 bridgehead atoms. The van der Waals surface area contributed by atoms with Crippen molar-refractivity contribution in [2.75, 3.05) is 19.0 Å². The molecule has 1 saturated carbocycles. The molecule has 0 radical (unpaired) electrons. The van der Waals surface area contributed by atoms with E-state index in [-0.39, 0.29) is 11.4 Å². The van der Waals surface area contributed by atoms with E-state index in [9.17, 15) is 0 Å². The molecule has 0 spiro atoms. The van der Waals surface area contributed by atoms with Crippen LogP contribution in [-0.4, -0.2) is 35.2 Å². The summed E-state index contributed by atoms with van der Waals surface area (Å²) < 4.78 is 6.10. The van der Waals surface area contributed by atoms with Gasteiger partial charge in [0, 0.05) is 14.1 Å². The molecule has 0 amide bonds. The summed E-state index contributed by atoms with van der Waals surface area (Å²) >= 11 is 5.97. The Labute approximate surface area is 132 Å². The molecular formula is C15H25ClN4O. The zero-order chi connectivity index (χ0) is 15.6. The van der Waals surface area contributed by atoms with Crippen molar-refractivity contribution in [3.8, 4) is 6.01 Å². The molecule has 1 aromatic rings. The highest BCUT2D eigenvalue weighted by Gasteiger charge is 2.33. The standard InChI is InChI=1S/C15H25ClN4O/c1-9(2)11-7-6-10(3)8-12(11)21-15-18-13(16)17-14(19-15)20(4)5/h9-12H,6-8H2,1-5H3. The molecule has 1 aromatic heterocycles. The predicted molar refractivity (Wildman–Crippen MR) is 84.9 cm³/mol. The van der Waals surface area contributed by atoms with E-state index in [2.05, 4.69) is 35.7 Å². The van der Waals surface area contributed by atoms with Crippen molar-refractivity contribution >= 4 is 17.5 Å². The molecule has 0 aromatic carbocycles. The summed E-state index contributed by atoms with van der Waals surface area (Å²) in [6.45, 7) is 6.78. The molecule has 2 rings (SSSR count). The molecule has 118 valence electrons. The topological polar surface area (TPSA) is 51.1 Å². The highest BCUT2D eigenvalue weighted by Crippen LogP contribution is 2.35. The van der Waals surface area contributed by atoms with Gasteiger partial charge >= 0.3 is 6.01 Å². The fourth-order valence-electron chi connectivity index (χ4n) is 2.96. The minimum Gasteiger partial charge on any atom is -0.460 e. The number of hydrogen-bond donors (Lipinski definition) is 0. The zero-order valence-corrected chi connectivity index (χ0v) is 14.3. The van der Waals surface area contributed by atoms with Gasteiger partial charge in [0.25, 0.3) is 0 Å². The van der Waals surface area contributed by atoms with Crippen LogP contribution in [0.3, 0.4) is 0 Å². The summed E-state index contributed by atoms with van der Waals surface area (Å²) in [6, 6.07) is 0.337. The first-order chi connectivity index (χ1) is 9.86. The third kappa shape index (κ3) is 4.19. The highest BCUT2D eigenvalue weighted by atomic mass is 35.5. The van der Waals surface area contributed by atoms with Crippen LogP contribution in [0.1, 0.15) is 40.0 Å². The van der Waals surface area contributed by atoms with Gasteiger partial charge in [0.2, 0.25) is 11.2 Å². The molecule has 1 heterocycles. The van der Waals surface area contributed by atoms with Gasteiger partial charge in [-0.2, -0.15) is 15.0 Å². The Kier molecular flexibility index (Phi) is 5.25. The third-order valence-electron chi connectivity index (χ3n) is 4.19. The van der Waals surface area contributed by atoms with Crippen molar-refractivity contribution in [1.82, 2.24) is 15.0 Å².